The van der Waals surface area contributed by atoms with Gasteiger partial charge in [-0.2, -0.15) is 5.26 Å². The van der Waals surface area contributed by atoms with Gasteiger partial charge in [-0.1, -0.05) is 12.1 Å². The van der Waals surface area contributed by atoms with Crippen LogP contribution in [0.1, 0.15) is 11.1 Å². The fraction of sp³-hybridized carbons (Fsp3) is 0.118. The lowest BCUT2D eigenvalue weighted by atomic mass is 10.0. The molecule has 116 valence electrons. The maximum atomic E-state index is 11.1. The zero-order valence-corrected chi connectivity index (χ0v) is 12.6. The number of nitro groups is 1. The predicted octanol–water partition coefficient (Wildman–Crippen LogP) is 3.68. The number of allylic oxidation sites excluding steroid dienone is 1. The summed E-state index contributed by atoms with van der Waals surface area (Å²) in [5.74, 6) is 1.12. The molecular formula is C17H14N2O4. The lowest BCUT2D eigenvalue weighted by Gasteiger charge is -2.08. The van der Waals surface area contributed by atoms with E-state index >= 15 is 0 Å². The zero-order chi connectivity index (χ0) is 16.8. The number of methoxy groups -OCH3 is 2. The van der Waals surface area contributed by atoms with Crippen LogP contribution in [0.2, 0.25) is 0 Å². The molecule has 0 aliphatic carbocycles. The molecule has 0 amide bonds. The molecule has 0 spiro atoms. The maximum Gasteiger partial charge on any atom is 0.277 e. The number of para-hydroxylation sites is 1. The van der Waals surface area contributed by atoms with E-state index in [4.69, 9.17) is 9.47 Å². The van der Waals surface area contributed by atoms with Crippen molar-refractivity contribution in [1.29, 1.82) is 5.26 Å². The number of nitrogens with zero attached hydrogens (tertiary/aromatic N) is 2. The summed E-state index contributed by atoms with van der Waals surface area (Å²) in [5.41, 5.74) is 0.953. The Labute approximate surface area is 133 Å². The standard InChI is InChI=1S/C17H14N2O4/c1-22-14-8-7-12(17(10-14)23-2)9-13(11-18)15-5-3-4-6-16(15)19(20)21/h3-10H,1-2H3/b13-9+. The maximum absolute atomic E-state index is 11.1. The van der Waals surface area contributed by atoms with Gasteiger partial charge < -0.3 is 9.47 Å². The summed E-state index contributed by atoms with van der Waals surface area (Å²) in [6.07, 6.45) is 1.56. The number of benzene rings is 2. The molecule has 0 unspecified atom stereocenters. The topological polar surface area (TPSA) is 85.4 Å². The summed E-state index contributed by atoms with van der Waals surface area (Å²) in [5, 5.41) is 20.5. The fourth-order valence-electron chi connectivity index (χ4n) is 2.12. The second-order valence-electron chi connectivity index (χ2n) is 4.55. The first-order valence-electron chi connectivity index (χ1n) is 6.68. The molecule has 0 fully saturated rings. The van der Waals surface area contributed by atoms with E-state index in [1.54, 1.807) is 49.6 Å². The molecule has 0 atom stereocenters. The minimum absolute atomic E-state index is 0.118. The minimum Gasteiger partial charge on any atom is -0.497 e. The second kappa shape index (κ2) is 7.09. The quantitative estimate of drug-likeness (QED) is 0.364. The van der Waals surface area contributed by atoms with E-state index in [-0.39, 0.29) is 16.8 Å². The number of ether oxygens (including phenoxy) is 2. The van der Waals surface area contributed by atoms with Crippen molar-refractivity contribution in [2.75, 3.05) is 14.2 Å². The van der Waals surface area contributed by atoms with Crippen molar-refractivity contribution >= 4 is 17.3 Å². The highest BCUT2D eigenvalue weighted by Gasteiger charge is 2.16. The number of nitriles is 1. The third kappa shape index (κ3) is 3.47. The van der Waals surface area contributed by atoms with Crippen LogP contribution in [-0.4, -0.2) is 19.1 Å². The fourth-order valence-corrected chi connectivity index (χ4v) is 2.12. The molecule has 6 heteroatoms. The lowest BCUT2D eigenvalue weighted by Crippen LogP contribution is -1.94. The summed E-state index contributed by atoms with van der Waals surface area (Å²) >= 11 is 0. The molecule has 2 aromatic rings. The van der Waals surface area contributed by atoms with Crippen molar-refractivity contribution in [3.8, 4) is 17.6 Å². The van der Waals surface area contributed by atoms with Crippen LogP contribution in [0.15, 0.2) is 42.5 Å². The van der Waals surface area contributed by atoms with Crippen LogP contribution >= 0.6 is 0 Å². The molecule has 6 nitrogen and oxygen atoms in total. The van der Waals surface area contributed by atoms with Gasteiger partial charge in [0.1, 0.15) is 17.6 Å². The van der Waals surface area contributed by atoms with E-state index in [0.29, 0.717) is 17.1 Å². The Kier molecular flexibility index (Phi) is 4.95. The third-order valence-corrected chi connectivity index (χ3v) is 3.25. The molecule has 0 bridgehead atoms. The first-order valence-corrected chi connectivity index (χ1v) is 6.68. The lowest BCUT2D eigenvalue weighted by molar-refractivity contribution is -0.385. The molecule has 0 aliphatic heterocycles. The molecule has 0 saturated carbocycles. The zero-order valence-electron chi connectivity index (χ0n) is 12.6. The normalized spacial score (nSPS) is 10.7. The predicted molar refractivity (Wildman–Crippen MR) is 86.1 cm³/mol. The van der Waals surface area contributed by atoms with Crippen LogP contribution < -0.4 is 9.47 Å². The van der Waals surface area contributed by atoms with Gasteiger partial charge in [0.15, 0.2) is 0 Å². The van der Waals surface area contributed by atoms with Gasteiger partial charge in [0.05, 0.1) is 30.3 Å². The molecular weight excluding hydrogens is 296 g/mol. The van der Waals surface area contributed by atoms with Crippen molar-refractivity contribution in [2.24, 2.45) is 0 Å². The van der Waals surface area contributed by atoms with Gasteiger partial charge in [0, 0.05) is 17.7 Å². The number of nitro benzene ring substituents is 1. The van der Waals surface area contributed by atoms with E-state index in [1.807, 2.05) is 6.07 Å². The van der Waals surface area contributed by atoms with Crippen LogP contribution in [0, 0.1) is 21.4 Å². The van der Waals surface area contributed by atoms with Crippen LogP contribution in [0.25, 0.3) is 11.6 Å². The Hall–Kier alpha value is -3.33. The van der Waals surface area contributed by atoms with Crippen LogP contribution in [0.4, 0.5) is 5.69 Å². The van der Waals surface area contributed by atoms with Crippen molar-refractivity contribution < 1.29 is 14.4 Å². The summed E-state index contributed by atoms with van der Waals surface area (Å²) < 4.78 is 10.4. The molecule has 0 saturated heterocycles. The third-order valence-electron chi connectivity index (χ3n) is 3.25. The largest absolute Gasteiger partial charge is 0.497 e. The molecule has 0 aliphatic rings. The Morgan fingerprint density at radius 3 is 2.57 bits per heavy atom. The van der Waals surface area contributed by atoms with Gasteiger partial charge in [0.25, 0.3) is 5.69 Å². The smallest absolute Gasteiger partial charge is 0.277 e. The first-order chi connectivity index (χ1) is 11.1. The van der Waals surface area contributed by atoms with Gasteiger partial charge in [0.2, 0.25) is 0 Å². The highest BCUT2D eigenvalue weighted by Crippen LogP contribution is 2.31. The molecule has 23 heavy (non-hydrogen) atoms. The highest BCUT2D eigenvalue weighted by molar-refractivity contribution is 5.93. The van der Waals surface area contributed by atoms with Crippen molar-refractivity contribution in [1.82, 2.24) is 0 Å². The van der Waals surface area contributed by atoms with E-state index in [2.05, 4.69) is 0 Å². The van der Waals surface area contributed by atoms with Crippen molar-refractivity contribution in [2.45, 2.75) is 0 Å². The Bertz CT molecular complexity index is 806. The van der Waals surface area contributed by atoms with Gasteiger partial charge in [-0.25, -0.2) is 0 Å². The minimum atomic E-state index is -0.508. The number of hydrogen-bond acceptors (Lipinski definition) is 5. The molecule has 0 radical (unpaired) electrons. The van der Waals surface area contributed by atoms with E-state index < -0.39 is 4.92 Å². The Balaban J connectivity index is 2.57. The Morgan fingerprint density at radius 2 is 1.96 bits per heavy atom. The van der Waals surface area contributed by atoms with Crippen molar-refractivity contribution in [3.63, 3.8) is 0 Å². The molecule has 2 aromatic carbocycles. The second-order valence-corrected chi connectivity index (χ2v) is 4.55. The van der Waals surface area contributed by atoms with Gasteiger partial charge >= 0.3 is 0 Å². The number of hydrogen-bond donors (Lipinski definition) is 0. The van der Waals surface area contributed by atoms with E-state index in [9.17, 15) is 15.4 Å². The SMILES string of the molecule is COc1ccc(/C=C(\C#N)c2ccccc2[N+](=O)[O-])c(OC)c1. The average molecular weight is 310 g/mol. The van der Waals surface area contributed by atoms with Crippen molar-refractivity contribution in [3.05, 3.63) is 63.7 Å². The monoisotopic (exact) mass is 310 g/mol. The average Bonchev–Trinajstić information content (AvgIpc) is 2.59. The molecule has 0 N–H and O–H groups in total. The summed E-state index contributed by atoms with van der Waals surface area (Å²) in [4.78, 5) is 10.6. The highest BCUT2D eigenvalue weighted by atomic mass is 16.6. The molecule has 0 heterocycles. The summed E-state index contributed by atoms with van der Waals surface area (Å²) in [6, 6.07) is 13.3. The van der Waals surface area contributed by atoms with Crippen LogP contribution in [-0.2, 0) is 0 Å². The van der Waals surface area contributed by atoms with Crippen LogP contribution in [0.3, 0.4) is 0 Å². The van der Waals surface area contributed by atoms with Gasteiger partial charge in [-0.3, -0.25) is 10.1 Å². The Morgan fingerprint density at radius 1 is 1.22 bits per heavy atom. The summed E-state index contributed by atoms with van der Waals surface area (Å²) in [6.45, 7) is 0. The van der Waals surface area contributed by atoms with Gasteiger partial charge in [-0.15, -0.1) is 0 Å². The van der Waals surface area contributed by atoms with E-state index in [0.717, 1.165) is 0 Å². The molecule has 0 aromatic heterocycles. The number of rotatable bonds is 5. The molecule has 2 rings (SSSR count). The van der Waals surface area contributed by atoms with Crippen LogP contribution in [0.5, 0.6) is 11.5 Å². The van der Waals surface area contributed by atoms with E-state index in [1.165, 1.54) is 13.2 Å². The first kappa shape index (κ1) is 16.0. The van der Waals surface area contributed by atoms with Gasteiger partial charge in [-0.05, 0) is 24.3 Å². The summed E-state index contributed by atoms with van der Waals surface area (Å²) in [7, 11) is 3.04.